The molecular weight excluding hydrogens is 336 g/mol. The fourth-order valence-corrected chi connectivity index (χ4v) is 4.39. The molecule has 0 saturated carbocycles. The third kappa shape index (κ3) is 3.84. The number of aliphatic hydroxyl groups excluding tert-OH is 1. The Morgan fingerprint density at radius 3 is 2.28 bits per heavy atom. The summed E-state index contributed by atoms with van der Waals surface area (Å²) in [6, 6.07) is 18.0. The van der Waals surface area contributed by atoms with E-state index >= 15 is 0 Å². The number of hydrogen-bond donors (Lipinski definition) is 1. The zero-order valence-corrected chi connectivity index (χ0v) is 14.9. The molecule has 0 bridgehead atoms. The maximum absolute atomic E-state index is 12.7. The molecule has 132 valence electrons. The van der Waals surface area contributed by atoms with Gasteiger partial charge >= 0.3 is 0 Å². The van der Waals surface area contributed by atoms with Gasteiger partial charge < -0.3 is 9.84 Å². The summed E-state index contributed by atoms with van der Waals surface area (Å²) in [6.07, 6.45) is 1.21. The molecule has 4 nitrogen and oxygen atoms in total. The quantitative estimate of drug-likeness (QED) is 0.889. The van der Waals surface area contributed by atoms with Gasteiger partial charge in [-0.05, 0) is 31.0 Å². The molecule has 2 atom stereocenters. The van der Waals surface area contributed by atoms with Gasteiger partial charge in [-0.25, -0.2) is 8.42 Å². The first-order valence-corrected chi connectivity index (χ1v) is 9.75. The Hall–Kier alpha value is -1.95. The summed E-state index contributed by atoms with van der Waals surface area (Å²) >= 11 is 0. The van der Waals surface area contributed by atoms with E-state index in [9.17, 15) is 13.5 Å². The Morgan fingerprint density at radius 1 is 1.08 bits per heavy atom. The minimum Gasteiger partial charge on any atom is -0.390 e. The van der Waals surface area contributed by atoms with Gasteiger partial charge in [0.2, 0.25) is 9.84 Å². The monoisotopic (exact) mass is 358 g/mol. The minimum atomic E-state index is -3.57. The molecule has 0 heterocycles. The van der Waals surface area contributed by atoms with Crippen molar-refractivity contribution in [2.45, 2.75) is 43.0 Å². The number of benzene rings is 2. The number of hydrogen-bond acceptors (Lipinski definition) is 4. The molecule has 0 spiro atoms. The van der Waals surface area contributed by atoms with Crippen molar-refractivity contribution in [2.24, 2.45) is 0 Å². The van der Waals surface area contributed by atoms with E-state index in [0.717, 1.165) is 5.56 Å². The molecule has 0 fully saturated rings. The van der Waals surface area contributed by atoms with E-state index < -0.39 is 21.5 Å². The Kier molecular flexibility index (Phi) is 5.08. The lowest BCUT2D eigenvalue weighted by Crippen LogP contribution is -2.44. The van der Waals surface area contributed by atoms with E-state index in [4.69, 9.17) is 4.74 Å². The highest BCUT2D eigenvalue weighted by molar-refractivity contribution is 7.95. The zero-order chi connectivity index (χ0) is 17.9. The topological polar surface area (TPSA) is 63.6 Å². The van der Waals surface area contributed by atoms with Crippen LogP contribution in [0, 0.1) is 0 Å². The molecule has 3 rings (SSSR count). The van der Waals surface area contributed by atoms with Crippen molar-refractivity contribution in [3.8, 4) is 0 Å². The van der Waals surface area contributed by atoms with E-state index in [1.54, 1.807) is 36.4 Å². The van der Waals surface area contributed by atoms with E-state index in [-0.39, 0.29) is 16.2 Å². The lowest BCUT2D eigenvalue weighted by Gasteiger charge is -2.37. The van der Waals surface area contributed by atoms with Gasteiger partial charge in [-0.3, -0.25) is 0 Å². The van der Waals surface area contributed by atoms with Crippen LogP contribution in [0.5, 0.6) is 0 Å². The van der Waals surface area contributed by atoms with Crippen molar-refractivity contribution in [2.75, 3.05) is 0 Å². The molecular formula is C20H22O4S. The molecule has 2 aromatic carbocycles. The van der Waals surface area contributed by atoms with Crippen LogP contribution in [0.2, 0.25) is 0 Å². The highest BCUT2D eigenvalue weighted by Gasteiger charge is 2.39. The first-order chi connectivity index (χ1) is 11.9. The molecule has 0 radical (unpaired) electrons. The predicted octanol–water partition coefficient (Wildman–Crippen LogP) is 3.47. The highest BCUT2D eigenvalue weighted by atomic mass is 32.2. The molecule has 0 saturated heterocycles. The lowest BCUT2D eigenvalue weighted by atomic mass is 9.88. The summed E-state index contributed by atoms with van der Waals surface area (Å²) in [6.45, 7) is 2.20. The van der Waals surface area contributed by atoms with Gasteiger partial charge in [-0.2, -0.15) is 0 Å². The largest absolute Gasteiger partial charge is 0.390 e. The van der Waals surface area contributed by atoms with Crippen LogP contribution in [-0.4, -0.2) is 25.2 Å². The maximum Gasteiger partial charge on any atom is 0.202 e. The lowest BCUT2D eigenvalue weighted by molar-refractivity contribution is -0.121. The van der Waals surface area contributed by atoms with E-state index in [2.05, 4.69) is 0 Å². The average Bonchev–Trinajstić information content (AvgIpc) is 2.64. The van der Waals surface area contributed by atoms with Crippen molar-refractivity contribution in [3.63, 3.8) is 0 Å². The second-order valence-corrected chi connectivity index (χ2v) is 8.50. The third-order valence-corrected chi connectivity index (χ3v) is 6.56. The van der Waals surface area contributed by atoms with Gasteiger partial charge in [0, 0.05) is 11.3 Å². The van der Waals surface area contributed by atoms with Crippen LogP contribution in [0.3, 0.4) is 0 Å². The number of sulfone groups is 1. The van der Waals surface area contributed by atoms with Crippen LogP contribution in [-0.2, 0) is 21.2 Å². The van der Waals surface area contributed by atoms with Crippen molar-refractivity contribution in [1.82, 2.24) is 0 Å². The van der Waals surface area contributed by atoms with Crippen molar-refractivity contribution in [3.05, 3.63) is 77.2 Å². The van der Waals surface area contributed by atoms with Gasteiger partial charge in [0.1, 0.15) is 0 Å². The van der Waals surface area contributed by atoms with Crippen molar-refractivity contribution < 1.29 is 18.3 Å². The molecule has 0 amide bonds. The van der Waals surface area contributed by atoms with Gasteiger partial charge in [0.15, 0.2) is 0 Å². The minimum absolute atomic E-state index is 0.0581. The second kappa shape index (κ2) is 7.12. The molecule has 0 unspecified atom stereocenters. The van der Waals surface area contributed by atoms with Gasteiger partial charge in [0.05, 0.1) is 23.2 Å². The Bertz CT molecular complexity index is 844. The summed E-state index contributed by atoms with van der Waals surface area (Å²) in [5.41, 5.74) is 0.216. The van der Waals surface area contributed by atoms with Crippen LogP contribution in [0.1, 0.15) is 25.3 Å². The number of ether oxygens (including phenoxy) is 1. The zero-order valence-electron chi connectivity index (χ0n) is 14.1. The molecule has 25 heavy (non-hydrogen) atoms. The molecule has 2 aromatic rings. The first-order valence-electron chi connectivity index (χ1n) is 8.27. The van der Waals surface area contributed by atoms with Crippen molar-refractivity contribution >= 4 is 9.84 Å². The van der Waals surface area contributed by atoms with E-state index in [0.29, 0.717) is 13.0 Å². The van der Waals surface area contributed by atoms with Crippen molar-refractivity contribution in [1.29, 1.82) is 0 Å². The van der Waals surface area contributed by atoms with Gasteiger partial charge in [-0.1, -0.05) is 54.6 Å². The fraction of sp³-hybridized carbons (Fsp3) is 0.300. The summed E-state index contributed by atoms with van der Waals surface area (Å²) in [7, 11) is -3.57. The summed E-state index contributed by atoms with van der Waals surface area (Å²) in [4.78, 5) is 0.509. The Morgan fingerprint density at radius 2 is 1.68 bits per heavy atom. The summed E-state index contributed by atoms with van der Waals surface area (Å²) in [5, 5.41) is 10.6. The van der Waals surface area contributed by atoms with Crippen LogP contribution >= 0.6 is 0 Å². The summed E-state index contributed by atoms with van der Waals surface area (Å²) < 4.78 is 31.4. The Balaban J connectivity index is 1.76. The van der Waals surface area contributed by atoms with Gasteiger partial charge in [-0.15, -0.1) is 0 Å². The second-order valence-electron chi connectivity index (χ2n) is 6.50. The normalized spacial score (nSPS) is 23.9. The van der Waals surface area contributed by atoms with Crippen LogP contribution < -0.4 is 0 Å². The highest BCUT2D eigenvalue weighted by Crippen LogP contribution is 2.35. The molecule has 5 heteroatoms. The maximum atomic E-state index is 12.7. The third-order valence-electron chi connectivity index (χ3n) is 4.64. The predicted molar refractivity (Wildman–Crippen MR) is 96.6 cm³/mol. The standard InChI is InChI=1S/C20H22O4S/c1-20(24-15-16-8-4-2-5-9-16)13-12-18(14-19(20)21)25(22,23)17-10-6-3-7-11-17/h2-12,19,21H,13-15H2,1H3/t19-,20+/m0/s1. The number of aliphatic hydroxyl groups is 1. The SMILES string of the molecule is C[C@@]1(OCc2ccccc2)CC=C(S(=O)(=O)c2ccccc2)C[C@@H]1O. The average molecular weight is 358 g/mol. The van der Waals surface area contributed by atoms with Crippen LogP contribution in [0.25, 0.3) is 0 Å². The van der Waals surface area contributed by atoms with E-state index in [1.807, 2.05) is 37.3 Å². The first kappa shape index (κ1) is 17.9. The molecule has 1 aliphatic carbocycles. The number of rotatable bonds is 5. The summed E-state index contributed by atoms with van der Waals surface area (Å²) in [5.74, 6) is 0. The molecule has 1 aliphatic rings. The fourth-order valence-electron chi connectivity index (χ4n) is 2.89. The van der Waals surface area contributed by atoms with Crippen LogP contribution in [0.15, 0.2) is 76.5 Å². The van der Waals surface area contributed by atoms with Gasteiger partial charge in [0.25, 0.3) is 0 Å². The Labute approximate surface area is 148 Å². The molecule has 0 aromatic heterocycles. The smallest absolute Gasteiger partial charge is 0.202 e. The molecule has 0 aliphatic heterocycles. The molecule has 1 N–H and O–H groups in total. The van der Waals surface area contributed by atoms with Crippen LogP contribution in [0.4, 0.5) is 0 Å². The van der Waals surface area contributed by atoms with E-state index in [1.165, 1.54) is 0 Å².